The molecule has 122 valence electrons. The van der Waals surface area contributed by atoms with Crippen LogP contribution >= 0.6 is 0 Å². The van der Waals surface area contributed by atoms with E-state index in [1.54, 1.807) is 6.92 Å². The van der Waals surface area contributed by atoms with Gasteiger partial charge in [0.05, 0.1) is 0 Å². The average Bonchev–Trinajstić information content (AvgIpc) is 2.13. The van der Waals surface area contributed by atoms with Gasteiger partial charge < -0.3 is 60.3 Å². The molecule has 0 aliphatic heterocycles. The maximum absolute atomic E-state index is 8.36. The second-order valence-electron chi connectivity index (χ2n) is 2.64. The van der Waals surface area contributed by atoms with Gasteiger partial charge in [-0.2, -0.15) is 0 Å². The van der Waals surface area contributed by atoms with Crippen molar-refractivity contribution in [1.82, 2.24) is 0 Å². The molecule has 0 heterocycles. The molecule has 0 aromatic carbocycles. The van der Waals surface area contributed by atoms with Crippen LogP contribution in [0.2, 0.25) is 5.09 Å². The van der Waals surface area contributed by atoms with Gasteiger partial charge >= 0.3 is 70.2 Å². The van der Waals surface area contributed by atoms with Crippen molar-refractivity contribution in [3.05, 3.63) is 0 Å². The van der Waals surface area contributed by atoms with Crippen LogP contribution in [0, 0.1) is 0 Å². The summed E-state index contributed by atoms with van der Waals surface area (Å²) in [6.07, 6.45) is -0.116. The fourth-order valence-electron chi connectivity index (χ4n) is 0. The molecule has 0 aliphatic rings. The zero-order chi connectivity index (χ0) is 18.6. The molecule has 0 radical (unpaired) electrons. The Morgan fingerprint density at radius 3 is 0.667 bits per heavy atom. The molecule has 0 spiro atoms. The van der Waals surface area contributed by atoms with Gasteiger partial charge in [0.15, 0.2) is 0 Å². The number of hydrogen-bond acceptors (Lipinski definition) is 13. The van der Waals surface area contributed by atoms with Crippen LogP contribution in [-0.4, -0.2) is 118 Å². The summed E-state index contributed by atoms with van der Waals surface area (Å²) in [4.78, 5) is 0. The van der Waals surface area contributed by atoms with E-state index in [4.69, 9.17) is 65.4 Å². The van der Waals surface area contributed by atoms with Crippen molar-refractivity contribution < 1.29 is 65.4 Å². The first-order chi connectivity index (χ1) is 9.20. The van der Waals surface area contributed by atoms with Gasteiger partial charge in [-0.15, -0.1) is 0 Å². The van der Waals surface area contributed by atoms with Crippen LogP contribution in [0.1, 0.15) is 6.92 Å². The van der Waals surface area contributed by atoms with E-state index in [0.29, 0.717) is 0 Å². The SMILES string of the molecule is OB(O)O.OB(O)O.OB(O)O.OB(O)O.[Li][CH2]C(C)O. The number of aliphatic hydroxyl groups excluding tert-OH is 1. The molecule has 21 heavy (non-hydrogen) atoms. The number of rotatable bonds is 1. The van der Waals surface area contributed by atoms with E-state index in [1.807, 2.05) is 17.7 Å². The molecule has 0 bridgehead atoms. The van der Waals surface area contributed by atoms with E-state index in [0.717, 1.165) is 5.09 Å². The van der Waals surface area contributed by atoms with Crippen LogP contribution in [0.5, 0.6) is 0 Å². The first kappa shape index (κ1) is 33.1. The van der Waals surface area contributed by atoms with Crippen LogP contribution < -0.4 is 0 Å². The van der Waals surface area contributed by atoms with Crippen molar-refractivity contribution in [2.45, 2.75) is 18.1 Å². The van der Waals surface area contributed by atoms with Crippen molar-refractivity contribution in [2.75, 3.05) is 0 Å². The molecule has 1 atom stereocenters. The van der Waals surface area contributed by atoms with Gasteiger partial charge in [0.2, 0.25) is 0 Å². The molecule has 0 saturated carbocycles. The number of hydrogen-bond donors (Lipinski definition) is 13. The third-order valence-corrected chi connectivity index (χ3v) is 0.591. The van der Waals surface area contributed by atoms with Crippen LogP contribution in [0.15, 0.2) is 0 Å². The fraction of sp³-hybridized carbons (Fsp3) is 1.00. The summed E-state index contributed by atoms with van der Waals surface area (Å²) in [6, 6.07) is 0. The normalized spacial score (nSPS) is 8.76. The van der Waals surface area contributed by atoms with Crippen LogP contribution in [0.4, 0.5) is 0 Å². The molecule has 13 nitrogen and oxygen atoms in total. The van der Waals surface area contributed by atoms with E-state index in [9.17, 15) is 0 Å². The van der Waals surface area contributed by atoms with Gasteiger partial charge in [-0.25, -0.2) is 0 Å². The Hall–Kier alpha value is 0.337. The Morgan fingerprint density at radius 1 is 0.619 bits per heavy atom. The Kier molecular flexibility index (Phi) is 44.9. The Labute approximate surface area is 131 Å². The third-order valence-electron chi connectivity index (χ3n) is 0.591. The standard InChI is InChI=1S/C3H7O.4BH3O3.Li/c1-3(2)4;4*2-1(3)4;/h3-4H,1H2,2H3;4*2-4H;. The van der Waals surface area contributed by atoms with Gasteiger partial charge in [0.1, 0.15) is 0 Å². The third kappa shape index (κ3) is 1250. The second kappa shape index (κ2) is 28.5. The van der Waals surface area contributed by atoms with Crippen molar-refractivity contribution in [1.29, 1.82) is 0 Å². The summed E-state index contributed by atoms with van der Waals surface area (Å²) in [5.74, 6) is 0. The molecule has 0 saturated heterocycles. The predicted molar refractivity (Wildman–Crippen MR) is 71.9 cm³/mol. The van der Waals surface area contributed by atoms with Gasteiger partial charge in [-0.1, -0.05) is 0 Å². The Morgan fingerprint density at radius 2 is 0.667 bits per heavy atom. The molecular weight excluding hydrogens is 294 g/mol. The van der Waals surface area contributed by atoms with Gasteiger partial charge in [0, 0.05) is 0 Å². The van der Waals surface area contributed by atoms with Crippen molar-refractivity contribution in [3.63, 3.8) is 0 Å². The molecule has 0 rings (SSSR count). The minimum atomic E-state index is -2.17. The van der Waals surface area contributed by atoms with Gasteiger partial charge in [0.25, 0.3) is 0 Å². The molecule has 0 aromatic rings. The maximum atomic E-state index is 8.36. The molecule has 0 aromatic heterocycles. The summed E-state index contributed by atoms with van der Waals surface area (Å²) in [7, 11) is -8.67. The van der Waals surface area contributed by atoms with Crippen molar-refractivity contribution >= 4 is 47.0 Å². The molecular formula is C3H19B4LiO13. The first-order valence-electron chi connectivity index (χ1n) is 5.05. The second-order valence-corrected chi connectivity index (χ2v) is 2.64. The molecule has 13 N–H and O–H groups in total. The Bertz CT molecular complexity index is 114. The van der Waals surface area contributed by atoms with E-state index >= 15 is 0 Å². The van der Waals surface area contributed by atoms with Crippen molar-refractivity contribution in [2.24, 2.45) is 0 Å². The topological polar surface area (TPSA) is 263 Å². The summed E-state index contributed by atoms with van der Waals surface area (Å²) >= 11 is 1.95. The monoisotopic (exact) mass is 314 g/mol. The number of aliphatic hydroxyl groups is 1. The molecule has 1 unspecified atom stereocenters. The van der Waals surface area contributed by atoms with E-state index in [1.165, 1.54) is 0 Å². The van der Waals surface area contributed by atoms with Crippen molar-refractivity contribution in [3.8, 4) is 0 Å². The summed E-state index contributed by atoms with van der Waals surface area (Å²) in [6.45, 7) is 1.78. The summed E-state index contributed by atoms with van der Waals surface area (Å²) in [5, 5.41) is 95.2. The minimum absolute atomic E-state index is 0.116. The van der Waals surface area contributed by atoms with Crippen LogP contribution in [0.3, 0.4) is 0 Å². The predicted octanol–water partition coefficient (Wildman–Crippen LogP) is -8.25. The van der Waals surface area contributed by atoms with Gasteiger partial charge in [-0.05, 0) is 0 Å². The summed E-state index contributed by atoms with van der Waals surface area (Å²) < 4.78 is 0. The average molecular weight is 313 g/mol. The van der Waals surface area contributed by atoms with E-state index < -0.39 is 29.3 Å². The zero-order valence-corrected chi connectivity index (χ0v) is 11.4. The Balaban J connectivity index is -0.0000000510. The zero-order valence-electron chi connectivity index (χ0n) is 11.4. The molecule has 0 fully saturated rings. The van der Waals surface area contributed by atoms with E-state index in [-0.39, 0.29) is 6.10 Å². The molecule has 18 heteroatoms. The molecule has 0 amide bonds. The first-order valence-corrected chi connectivity index (χ1v) is 5.05. The van der Waals surface area contributed by atoms with E-state index in [2.05, 4.69) is 0 Å². The summed E-state index contributed by atoms with van der Waals surface area (Å²) in [5.41, 5.74) is 0. The van der Waals surface area contributed by atoms with Crippen LogP contribution in [-0.2, 0) is 0 Å². The quantitative estimate of drug-likeness (QED) is 0.201. The molecule has 0 aliphatic carbocycles. The van der Waals surface area contributed by atoms with Gasteiger partial charge in [-0.3, -0.25) is 0 Å². The van der Waals surface area contributed by atoms with Crippen LogP contribution in [0.25, 0.3) is 0 Å². The fourth-order valence-corrected chi connectivity index (χ4v) is 0.